The topological polar surface area (TPSA) is 77.2 Å². The molecule has 100 valence electrons. The van der Waals surface area contributed by atoms with Gasteiger partial charge in [0.15, 0.2) is 0 Å². The number of methoxy groups -OCH3 is 1. The number of carbonyl (C=O) groups excluding carboxylic acids is 1. The van der Waals surface area contributed by atoms with Gasteiger partial charge in [0.1, 0.15) is 0 Å². The van der Waals surface area contributed by atoms with Crippen LogP contribution in [-0.4, -0.2) is 24.5 Å². The number of aromatic nitrogens is 1. The van der Waals surface area contributed by atoms with Crippen molar-refractivity contribution in [2.75, 3.05) is 13.7 Å². The van der Waals surface area contributed by atoms with Gasteiger partial charge in [-0.1, -0.05) is 12.5 Å². The van der Waals surface area contributed by atoms with E-state index in [1.807, 2.05) is 12.1 Å². The number of hydrogen-bond acceptors (Lipinski definition) is 4. The third kappa shape index (κ3) is 5.14. The van der Waals surface area contributed by atoms with Crippen LogP contribution >= 0.6 is 0 Å². The first-order valence-electron chi connectivity index (χ1n) is 6.22. The largest absolute Gasteiger partial charge is 0.481 e. The number of ether oxygens (including phenoxy) is 1. The first-order valence-corrected chi connectivity index (χ1v) is 6.22. The van der Waals surface area contributed by atoms with Gasteiger partial charge < -0.3 is 15.8 Å². The number of rotatable bonds is 8. The van der Waals surface area contributed by atoms with Crippen molar-refractivity contribution in [2.45, 2.75) is 32.2 Å². The molecule has 0 fully saturated rings. The van der Waals surface area contributed by atoms with Crippen LogP contribution in [0, 0.1) is 0 Å². The van der Waals surface area contributed by atoms with Gasteiger partial charge in [-0.2, -0.15) is 0 Å². The number of carbonyl (C=O) groups is 1. The Bertz CT molecular complexity index is 369. The van der Waals surface area contributed by atoms with E-state index in [1.54, 1.807) is 13.3 Å². The van der Waals surface area contributed by atoms with Crippen molar-refractivity contribution in [2.24, 2.45) is 5.73 Å². The molecule has 0 aromatic carbocycles. The molecule has 0 aliphatic heterocycles. The summed E-state index contributed by atoms with van der Waals surface area (Å²) >= 11 is 0. The number of nitrogens with one attached hydrogen (secondary N) is 1. The molecule has 3 N–H and O–H groups in total. The van der Waals surface area contributed by atoms with Crippen LogP contribution in [0.5, 0.6) is 5.88 Å². The molecule has 0 saturated carbocycles. The molecule has 0 aliphatic carbocycles. The van der Waals surface area contributed by atoms with Gasteiger partial charge in [-0.3, -0.25) is 4.79 Å². The minimum atomic E-state index is 0.0536. The predicted molar refractivity (Wildman–Crippen MR) is 70.2 cm³/mol. The van der Waals surface area contributed by atoms with E-state index < -0.39 is 0 Å². The molecule has 0 spiro atoms. The zero-order valence-corrected chi connectivity index (χ0v) is 10.8. The van der Waals surface area contributed by atoms with Gasteiger partial charge in [-0.05, 0) is 25.5 Å². The zero-order chi connectivity index (χ0) is 13.2. The van der Waals surface area contributed by atoms with Crippen LogP contribution in [0.15, 0.2) is 18.3 Å². The zero-order valence-electron chi connectivity index (χ0n) is 10.8. The summed E-state index contributed by atoms with van der Waals surface area (Å²) in [5.41, 5.74) is 6.28. The highest BCUT2D eigenvalue weighted by molar-refractivity contribution is 5.75. The molecular weight excluding hydrogens is 230 g/mol. The number of hydrogen-bond donors (Lipinski definition) is 2. The fourth-order valence-corrected chi connectivity index (χ4v) is 1.63. The van der Waals surface area contributed by atoms with E-state index in [0.717, 1.165) is 24.8 Å². The summed E-state index contributed by atoms with van der Waals surface area (Å²) in [7, 11) is 1.57. The van der Waals surface area contributed by atoms with Crippen LogP contribution in [0.25, 0.3) is 0 Å². The van der Waals surface area contributed by atoms with E-state index in [1.165, 1.54) is 0 Å². The lowest BCUT2D eigenvalue weighted by Crippen LogP contribution is -2.22. The Labute approximate surface area is 108 Å². The van der Waals surface area contributed by atoms with Gasteiger partial charge >= 0.3 is 0 Å². The van der Waals surface area contributed by atoms with E-state index >= 15 is 0 Å². The molecule has 0 atom stereocenters. The van der Waals surface area contributed by atoms with Gasteiger partial charge in [0.25, 0.3) is 0 Å². The molecule has 0 bridgehead atoms. The quantitative estimate of drug-likeness (QED) is 0.681. The summed E-state index contributed by atoms with van der Waals surface area (Å²) in [6.45, 7) is 1.14. The van der Waals surface area contributed by atoms with Crippen molar-refractivity contribution < 1.29 is 9.53 Å². The van der Waals surface area contributed by atoms with E-state index in [2.05, 4.69) is 10.3 Å². The first-order chi connectivity index (χ1) is 8.77. The van der Waals surface area contributed by atoms with E-state index in [-0.39, 0.29) is 5.91 Å². The third-order valence-electron chi connectivity index (χ3n) is 2.63. The molecule has 5 heteroatoms. The lowest BCUT2D eigenvalue weighted by molar-refractivity contribution is -0.121. The van der Waals surface area contributed by atoms with Crippen molar-refractivity contribution in [3.63, 3.8) is 0 Å². The van der Waals surface area contributed by atoms with Crippen LogP contribution in [0.3, 0.4) is 0 Å². The van der Waals surface area contributed by atoms with E-state index in [9.17, 15) is 4.79 Å². The minimum absolute atomic E-state index is 0.0536. The van der Waals surface area contributed by atoms with Crippen LogP contribution in [0.1, 0.15) is 31.2 Å². The Hall–Kier alpha value is -1.62. The summed E-state index contributed by atoms with van der Waals surface area (Å²) in [6.07, 6.45) is 5.07. The standard InChI is InChI=1S/C13H21N3O2/c1-18-13-11(6-5-9-15-13)10-16-12(17)7-3-2-4-8-14/h5-6,9H,2-4,7-8,10,14H2,1H3,(H,16,17). The Morgan fingerprint density at radius 3 is 3.00 bits per heavy atom. The van der Waals surface area contributed by atoms with Crippen molar-refractivity contribution in [1.82, 2.24) is 10.3 Å². The molecule has 0 unspecified atom stereocenters. The van der Waals surface area contributed by atoms with Gasteiger partial charge in [0.2, 0.25) is 11.8 Å². The lowest BCUT2D eigenvalue weighted by atomic mass is 10.2. The number of nitrogens with zero attached hydrogens (tertiary/aromatic N) is 1. The highest BCUT2D eigenvalue weighted by atomic mass is 16.5. The SMILES string of the molecule is COc1ncccc1CNC(=O)CCCCCN. The number of nitrogens with two attached hydrogens (primary N) is 1. The molecule has 18 heavy (non-hydrogen) atoms. The van der Waals surface area contributed by atoms with Gasteiger partial charge in [0.05, 0.1) is 7.11 Å². The molecule has 1 amide bonds. The number of pyridine rings is 1. The summed E-state index contributed by atoms with van der Waals surface area (Å²) in [5, 5.41) is 2.86. The van der Waals surface area contributed by atoms with E-state index in [0.29, 0.717) is 25.4 Å². The number of amides is 1. The maximum Gasteiger partial charge on any atom is 0.220 e. The number of unbranched alkanes of at least 4 members (excludes halogenated alkanes) is 2. The Kier molecular flexibility index (Phi) is 6.79. The third-order valence-corrected chi connectivity index (χ3v) is 2.63. The first kappa shape index (κ1) is 14.4. The average Bonchev–Trinajstić information content (AvgIpc) is 2.41. The minimum Gasteiger partial charge on any atom is -0.481 e. The second-order valence-corrected chi connectivity index (χ2v) is 4.05. The van der Waals surface area contributed by atoms with Gasteiger partial charge in [-0.15, -0.1) is 0 Å². The highest BCUT2D eigenvalue weighted by Gasteiger charge is 2.05. The maximum atomic E-state index is 11.6. The van der Waals surface area contributed by atoms with Crippen molar-refractivity contribution in [3.05, 3.63) is 23.9 Å². The molecule has 0 saturated heterocycles. The summed E-state index contributed by atoms with van der Waals surface area (Å²) < 4.78 is 5.11. The van der Waals surface area contributed by atoms with Crippen molar-refractivity contribution >= 4 is 5.91 Å². The molecular formula is C13H21N3O2. The fraction of sp³-hybridized carbons (Fsp3) is 0.538. The smallest absolute Gasteiger partial charge is 0.220 e. The van der Waals surface area contributed by atoms with Crippen molar-refractivity contribution in [1.29, 1.82) is 0 Å². The van der Waals surface area contributed by atoms with Gasteiger partial charge in [0, 0.05) is 24.7 Å². The normalized spacial score (nSPS) is 10.1. The predicted octanol–water partition coefficient (Wildman–Crippen LogP) is 1.23. The fourth-order valence-electron chi connectivity index (χ4n) is 1.63. The average molecular weight is 251 g/mol. The Balaban J connectivity index is 2.29. The van der Waals surface area contributed by atoms with Gasteiger partial charge in [-0.25, -0.2) is 4.98 Å². The van der Waals surface area contributed by atoms with Crippen molar-refractivity contribution in [3.8, 4) is 5.88 Å². The molecule has 1 aromatic rings. The van der Waals surface area contributed by atoms with Crippen LogP contribution in [0.2, 0.25) is 0 Å². The molecule has 0 radical (unpaired) electrons. The summed E-state index contributed by atoms with van der Waals surface area (Å²) in [4.78, 5) is 15.6. The second kappa shape index (κ2) is 8.47. The Morgan fingerprint density at radius 2 is 2.28 bits per heavy atom. The second-order valence-electron chi connectivity index (χ2n) is 4.05. The molecule has 1 rings (SSSR count). The van der Waals surface area contributed by atoms with Crippen LogP contribution in [0.4, 0.5) is 0 Å². The molecule has 1 heterocycles. The molecule has 5 nitrogen and oxygen atoms in total. The summed E-state index contributed by atoms with van der Waals surface area (Å²) in [6, 6.07) is 3.71. The van der Waals surface area contributed by atoms with E-state index in [4.69, 9.17) is 10.5 Å². The maximum absolute atomic E-state index is 11.6. The Morgan fingerprint density at radius 1 is 1.44 bits per heavy atom. The molecule has 1 aromatic heterocycles. The monoisotopic (exact) mass is 251 g/mol. The van der Waals surface area contributed by atoms with Crippen LogP contribution in [-0.2, 0) is 11.3 Å². The highest BCUT2D eigenvalue weighted by Crippen LogP contribution is 2.12. The van der Waals surface area contributed by atoms with Crippen LogP contribution < -0.4 is 15.8 Å². The molecule has 0 aliphatic rings. The lowest BCUT2D eigenvalue weighted by Gasteiger charge is -2.08. The summed E-state index contributed by atoms with van der Waals surface area (Å²) in [5.74, 6) is 0.610.